The number of aliphatic hydroxyl groups is 1. The molecule has 32 heavy (non-hydrogen) atoms. The summed E-state index contributed by atoms with van der Waals surface area (Å²) in [6.45, 7) is 0.119. The van der Waals surface area contributed by atoms with E-state index in [1.165, 1.54) is 0 Å². The molecule has 0 radical (unpaired) electrons. The fourth-order valence-electron chi connectivity index (χ4n) is 3.99. The molecule has 0 bridgehead atoms. The van der Waals surface area contributed by atoms with Crippen molar-refractivity contribution in [3.05, 3.63) is 94.0 Å². The standard InChI is InChI=1S/C25H19ClO6/c1-29-19-4-2-3-15(11-19)12-20-23(16-5-10-21-22(13-16)31-14-30-21)24(27)32-25(20,28)17-6-8-18(26)9-7-17/h2-11,13,28H,12,14H2,1H3. The normalized spacial score (nSPS) is 19.3. The number of hydrogen-bond donors (Lipinski definition) is 1. The van der Waals surface area contributed by atoms with Crippen LogP contribution >= 0.6 is 11.6 Å². The van der Waals surface area contributed by atoms with Crippen LogP contribution in [0.3, 0.4) is 0 Å². The predicted molar refractivity (Wildman–Crippen MR) is 118 cm³/mol. The molecule has 2 aliphatic heterocycles. The number of hydrogen-bond acceptors (Lipinski definition) is 6. The Labute approximate surface area is 189 Å². The highest BCUT2D eigenvalue weighted by Crippen LogP contribution is 2.46. The molecule has 2 aliphatic rings. The summed E-state index contributed by atoms with van der Waals surface area (Å²) in [5.41, 5.74) is 2.52. The van der Waals surface area contributed by atoms with Crippen LogP contribution in [0.25, 0.3) is 5.57 Å². The topological polar surface area (TPSA) is 74.2 Å². The second-order valence-electron chi connectivity index (χ2n) is 7.49. The number of carbonyl (C=O) groups is 1. The van der Waals surface area contributed by atoms with Crippen molar-refractivity contribution in [1.82, 2.24) is 0 Å². The van der Waals surface area contributed by atoms with E-state index >= 15 is 0 Å². The lowest BCUT2D eigenvalue weighted by atomic mass is 9.88. The second kappa shape index (κ2) is 7.89. The SMILES string of the molecule is COc1cccc(CC2=C(c3ccc4c(c3)OCO4)C(=O)OC2(O)c2ccc(Cl)cc2)c1. The van der Waals surface area contributed by atoms with E-state index in [4.69, 9.17) is 30.5 Å². The fourth-order valence-corrected chi connectivity index (χ4v) is 4.11. The summed E-state index contributed by atoms with van der Waals surface area (Å²) < 4.78 is 21.8. The summed E-state index contributed by atoms with van der Waals surface area (Å²) in [7, 11) is 1.59. The Hall–Kier alpha value is -3.48. The Morgan fingerprint density at radius 3 is 2.59 bits per heavy atom. The lowest BCUT2D eigenvalue weighted by Gasteiger charge is -2.26. The van der Waals surface area contributed by atoms with Crippen LogP contribution in [-0.2, 0) is 21.7 Å². The number of fused-ring (bicyclic) bond motifs is 1. The Bertz CT molecular complexity index is 1230. The molecule has 0 saturated carbocycles. The van der Waals surface area contributed by atoms with Crippen molar-refractivity contribution in [2.75, 3.05) is 13.9 Å². The number of benzene rings is 3. The third kappa shape index (κ3) is 3.47. The van der Waals surface area contributed by atoms with Gasteiger partial charge in [-0.2, -0.15) is 0 Å². The Morgan fingerprint density at radius 2 is 1.81 bits per heavy atom. The van der Waals surface area contributed by atoms with Gasteiger partial charge in [-0.05, 0) is 47.5 Å². The molecule has 0 spiro atoms. The van der Waals surface area contributed by atoms with E-state index in [0.717, 1.165) is 5.56 Å². The molecule has 6 nitrogen and oxygen atoms in total. The molecule has 1 N–H and O–H groups in total. The van der Waals surface area contributed by atoms with Crippen molar-refractivity contribution >= 4 is 23.1 Å². The fraction of sp³-hybridized carbons (Fsp3) is 0.160. The second-order valence-corrected chi connectivity index (χ2v) is 7.93. The lowest BCUT2D eigenvalue weighted by Crippen LogP contribution is -2.29. The zero-order valence-electron chi connectivity index (χ0n) is 17.1. The Morgan fingerprint density at radius 1 is 1.03 bits per heavy atom. The number of halogens is 1. The Balaban J connectivity index is 1.67. The van der Waals surface area contributed by atoms with Crippen molar-refractivity contribution in [2.24, 2.45) is 0 Å². The first kappa shape index (κ1) is 20.4. The van der Waals surface area contributed by atoms with Gasteiger partial charge >= 0.3 is 5.97 Å². The molecule has 5 rings (SSSR count). The van der Waals surface area contributed by atoms with E-state index in [0.29, 0.717) is 39.0 Å². The van der Waals surface area contributed by atoms with E-state index < -0.39 is 11.8 Å². The highest BCUT2D eigenvalue weighted by molar-refractivity contribution is 6.30. The number of rotatable bonds is 5. The number of ether oxygens (including phenoxy) is 4. The van der Waals surface area contributed by atoms with Crippen LogP contribution in [0.2, 0.25) is 5.02 Å². The smallest absolute Gasteiger partial charge is 0.342 e. The van der Waals surface area contributed by atoms with Crippen LogP contribution in [-0.4, -0.2) is 25.0 Å². The van der Waals surface area contributed by atoms with Gasteiger partial charge < -0.3 is 24.1 Å². The number of methoxy groups -OCH3 is 1. The molecule has 1 atom stereocenters. The number of carbonyl (C=O) groups excluding carboxylic acids is 1. The number of cyclic esters (lactones) is 1. The van der Waals surface area contributed by atoms with Crippen molar-refractivity contribution in [3.8, 4) is 17.2 Å². The van der Waals surface area contributed by atoms with Gasteiger partial charge in [-0.3, -0.25) is 0 Å². The lowest BCUT2D eigenvalue weighted by molar-refractivity contribution is -0.185. The van der Waals surface area contributed by atoms with Crippen LogP contribution in [0.5, 0.6) is 17.2 Å². The maximum atomic E-state index is 13.1. The maximum absolute atomic E-state index is 13.1. The van der Waals surface area contributed by atoms with Crippen LogP contribution in [0.4, 0.5) is 0 Å². The van der Waals surface area contributed by atoms with E-state index in [-0.39, 0.29) is 18.8 Å². The highest BCUT2D eigenvalue weighted by atomic mass is 35.5. The van der Waals surface area contributed by atoms with Crippen LogP contribution in [0, 0.1) is 0 Å². The van der Waals surface area contributed by atoms with Crippen molar-refractivity contribution < 1.29 is 28.8 Å². The zero-order valence-corrected chi connectivity index (χ0v) is 17.9. The Kier molecular flexibility index (Phi) is 5.04. The van der Waals surface area contributed by atoms with Crippen LogP contribution in [0.15, 0.2) is 72.3 Å². The summed E-state index contributed by atoms with van der Waals surface area (Å²) >= 11 is 6.03. The van der Waals surface area contributed by atoms with Crippen LogP contribution < -0.4 is 14.2 Å². The molecule has 0 aliphatic carbocycles. The predicted octanol–water partition coefficient (Wildman–Crippen LogP) is 4.48. The van der Waals surface area contributed by atoms with Crippen molar-refractivity contribution in [3.63, 3.8) is 0 Å². The summed E-state index contributed by atoms with van der Waals surface area (Å²) in [5.74, 6) is -0.767. The molecule has 2 heterocycles. The molecule has 0 aromatic heterocycles. The zero-order chi connectivity index (χ0) is 22.3. The van der Waals surface area contributed by atoms with Crippen molar-refractivity contribution in [2.45, 2.75) is 12.2 Å². The van der Waals surface area contributed by atoms with Gasteiger partial charge in [0, 0.05) is 22.6 Å². The van der Waals surface area contributed by atoms with Gasteiger partial charge in [-0.15, -0.1) is 0 Å². The molecular formula is C25H19ClO6. The summed E-state index contributed by atoms with van der Waals surface area (Å²) in [5, 5.41) is 12.2. The summed E-state index contributed by atoms with van der Waals surface area (Å²) in [4.78, 5) is 13.1. The molecule has 0 amide bonds. The molecular weight excluding hydrogens is 432 g/mol. The minimum Gasteiger partial charge on any atom is -0.497 e. The van der Waals surface area contributed by atoms with Crippen LogP contribution in [0.1, 0.15) is 16.7 Å². The van der Waals surface area contributed by atoms with E-state index in [1.807, 2.05) is 24.3 Å². The minimum absolute atomic E-state index is 0.119. The van der Waals surface area contributed by atoms with Gasteiger partial charge in [0.2, 0.25) is 6.79 Å². The summed E-state index contributed by atoms with van der Waals surface area (Å²) in [6.07, 6.45) is 0.256. The van der Waals surface area contributed by atoms with E-state index in [1.54, 1.807) is 49.6 Å². The molecule has 7 heteroatoms. The van der Waals surface area contributed by atoms with E-state index in [9.17, 15) is 9.90 Å². The largest absolute Gasteiger partial charge is 0.497 e. The monoisotopic (exact) mass is 450 g/mol. The van der Waals surface area contributed by atoms with Gasteiger partial charge in [0.05, 0.1) is 12.7 Å². The first-order valence-electron chi connectivity index (χ1n) is 9.96. The van der Waals surface area contributed by atoms with Gasteiger partial charge in [0.15, 0.2) is 11.5 Å². The molecule has 0 saturated heterocycles. The molecule has 1 unspecified atom stereocenters. The molecule has 3 aromatic rings. The molecule has 162 valence electrons. The number of esters is 1. The first-order valence-corrected chi connectivity index (χ1v) is 10.3. The van der Waals surface area contributed by atoms with Gasteiger partial charge in [0.1, 0.15) is 5.75 Å². The van der Waals surface area contributed by atoms with Gasteiger partial charge in [-0.25, -0.2) is 4.79 Å². The summed E-state index contributed by atoms with van der Waals surface area (Å²) in [6, 6.07) is 19.2. The average Bonchev–Trinajstić information content (AvgIpc) is 3.36. The quantitative estimate of drug-likeness (QED) is 0.578. The first-order chi connectivity index (χ1) is 15.5. The highest BCUT2D eigenvalue weighted by Gasteiger charge is 2.48. The minimum atomic E-state index is -1.95. The molecule has 0 fully saturated rings. The van der Waals surface area contributed by atoms with Gasteiger partial charge in [-0.1, -0.05) is 41.9 Å². The van der Waals surface area contributed by atoms with E-state index in [2.05, 4.69) is 0 Å². The van der Waals surface area contributed by atoms with Gasteiger partial charge in [0.25, 0.3) is 5.79 Å². The third-order valence-corrected chi connectivity index (χ3v) is 5.82. The van der Waals surface area contributed by atoms with Crippen molar-refractivity contribution in [1.29, 1.82) is 0 Å². The maximum Gasteiger partial charge on any atom is 0.342 e. The third-order valence-electron chi connectivity index (χ3n) is 5.57. The average molecular weight is 451 g/mol. The molecule has 3 aromatic carbocycles.